The highest BCUT2D eigenvalue weighted by atomic mass is 15.2. The maximum atomic E-state index is 3.71. The Kier molecular flexibility index (Phi) is 7.14. The van der Waals surface area contributed by atoms with Crippen molar-refractivity contribution in [2.24, 2.45) is 5.92 Å². The lowest BCUT2D eigenvalue weighted by Crippen LogP contribution is -2.45. The molecule has 1 heterocycles. The summed E-state index contributed by atoms with van der Waals surface area (Å²) >= 11 is 0. The Bertz CT molecular complexity index is 191. The molecule has 0 aliphatic carbocycles. The Balaban J connectivity index is 2.07. The second-order valence-corrected chi connectivity index (χ2v) is 6.26. The van der Waals surface area contributed by atoms with Crippen molar-refractivity contribution in [3.05, 3.63) is 0 Å². The van der Waals surface area contributed by atoms with Crippen LogP contribution in [0.3, 0.4) is 0 Å². The van der Waals surface area contributed by atoms with Gasteiger partial charge in [0.1, 0.15) is 0 Å². The highest BCUT2D eigenvalue weighted by molar-refractivity contribution is 4.77. The van der Waals surface area contributed by atoms with Crippen molar-refractivity contribution in [2.75, 3.05) is 20.1 Å². The van der Waals surface area contributed by atoms with Gasteiger partial charge in [0.25, 0.3) is 0 Å². The molecule has 2 unspecified atom stereocenters. The normalized spacial score (nSPS) is 24.2. The van der Waals surface area contributed by atoms with E-state index in [2.05, 4.69) is 38.0 Å². The summed E-state index contributed by atoms with van der Waals surface area (Å²) in [5.74, 6) is 0.853. The smallest absolute Gasteiger partial charge is 0.0217 e. The molecule has 1 aliphatic rings. The zero-order valence-corrected chi connectivity index (χ0v) is 12.3. The highest BCUT2D eigenvalue weighted by Crippen LogP contribution is 2.14. The average Bonchev–Trinajstić information content (AvgIpc) is 2.27. The standard InChI is InChI=1S/C15H32N2/c1-13(2)8-7-9-14(3)16-12-15-10-5-6-11-17(15)4/h13-16H,5-12H2,1-4H3. The van der Waals surface area contributed by atoms with Gasteiger partial charge < -0.3 is 10.2 Å². The first-order valence-electron chi connectivity index (χ1n) is 7.53. The van der Waals surface area contributed by atoms with E-state index < -0.39 is 0 Å². The number of rotatable bonds is 7. The fraction of sp³-hybridized carbons (Fsp3) is 1.00. The summed E-state index contributed by atoms with van der Waals surface area (Å²) in [5, 5.41) is 3.71. The molecule has 0 aromatic carbocycles. The van der Waals surface area contributed by atoms with Gasteiger partial charge in [0.05, 0.1) is 0 Å². The third-order valence-corrected chi connectivity index (χ3v) is 4.04. The van der Waals surface area contributed by atoms with Crippen LogP contribution in [0.4, 0.5) is 0 Å². The molecule has 0 radical (unpaired) electrons. The Morgan fingerprint density at radius 3 is 2.59 bits per heavy atom. The number of hydrogen-bond acceptors (Lipinski definition) is 2. The van der Waals surface area contributed by atoms with Gasteiger partial charge in [0.2, 0.25) is 0 Å². The quantitative estimate of drug-likeness (QED) is 0.735. The molecule has 1 aliphatic heterocycles. The number of hydrogen-bond donors (Lipinski definition) is 1. The van der Waals surface area contributed by atoms with E-state index in [1.54, 1.807) is 0 Å². The first-order valence-corrected chi connectivity index (χ1v) is 7.53. The second-order valence-electron chi connectivity index (χ2n) is 6.26. The molecule has 17 heavy (non-hydrogen) atoms. The van der Waals surface area contributed by atoms with E-state index in [9.17, 15) is 0 Å². The average molecular weight is 240 g/mol. The monoisotopic (exact) mass is 240 g/mol. The molecule has 1 N–H and O–H groups in total. The van der Waals surface area contributed by atoms with Crippen LogP contribution in [0.25, 0.3) is 0 Å². The Morgan fingerprint density at radius 1 is 1.18 bits per heavy atom. The van der Waals surface area contributed by atoms with Crippen molar-refractivity contribution in [3.8, 4) is 0 Å². The SMILES string of the molecule is CC(C)CCCC(C)NCC1CCCCN1C. The lowest BCUT2D eigenvalue weighted by molar-refractivity contribution is 0.177. The zero-order chi connectivity index (χ0) is 12.7. The molecule has 0 aromatic heterocycles. The van der Waals surface area contributed by atoms with E-state index in [4.69, 9.17) is 0 Å². The minimum Gasteiger partial charge on any atom is -0.313 e. The molecule has 2 nitrogen and oxygen atoms in total. The van der Waals surface area contributed by atoms with Gasteiger partial charge >= 0.3 is 0 Å². The molecule has 0 aromatic rings. The Labute approximate surface area is 108 Å². The predicted molar refractivity (Wildman–Crippen MR) is 76.4 cm³/mol. The fourth-order valence-electron chi connectivity index (χ4n) is 2.67. The summed E-state index contributed by atoms with van der Waals surface area (Å²) in [4.78, 5) is 2.53. The molecule has 1 rings (SSSR count). The van der Waals surface area contributed by atoms with Gasteiger partial charge in [0, 0.05) is 18.6 Å². The molecule has 1 fully saturated rings. The largest absolute Gasteiger partial charge is 0.313 e. The molecule has 0 amide bonds. The number of nitrogens with one attached hydrogen (secondary N) is 1. The van der Waals surface area contributed by atoms with Crippen molar-refractivity contribution < 1.29 is 0 Å². The summed E-state index contributed by atoms with van der Waals surface area (Å²) in [7, 11) is 2.27. The topological polar surface area (TPSA) is 15.3 Å². The van der Waals surface area contributed by atoms with Crippen LogP contribution in [0.2, 0.25) is 0 Å². The van der Waals surface area contributed by atoms with Crippen molar-refractivity contribution in [1.82, 2.24) is 10.2 Å². The summed E-state index contributed by atoms with van der Waals surface area (Å²) < 4.78 is 0. The molecular weight excluding hydrogens is 208 g/mol. The zero-order valence-electron chi connectivity index (χ0n) is 12.3. The van der Waals surface area contributed by atoms with E-state index in [1.807, 2.05) is 0 Å². The lowest BCUT2D eigenvalue weighted by atomic mass is 10.0. The second kappa shape index (κ2) is 8.10. The molecule has 1 saturated heterocycles. The first-order chi connectivity index (χ1) is 8.09. The van der Waals surface area contributed by atoms with E-state index in [0.717, 1.165) is 12.0 Å². The van der Waals surface area contributed by atoms with Gasteiger partial charge in [-0.3, -0.25) is 0 Å². The molecule has 0 saturated carbocycles. The van der Waals surface area contributed by atoms with Gasteiger partial charge in [-0.05, 0) is 45.7 Å². The third kappa shape index (κ3) is 6.42. The molecule has 102 valence electrons. The summed E-state index contributed by atoms with van der Waals surface area (Å²) in [6.07, 6.45) is 8.24. The number of nitrogens with zero attached hydrogens (tertiary/aromatic N) is 1. The van der Waals surface area contributed by atoms with Crippen LogP contribution < -0.4 is 5.32 Å². The van der Waals surface area contributed by atoms with Crippen LogP contribution in [0, 0.1) is 5.92 Å². The van der Waals surface area contributed by atoms with Crippen LogP contribution in [0.5, 0.6) is 0 Å². The summed E-state index contributed by atoms with van der Waals surface area (Å²) in [5.41, 5.74) is 0. The highest BCUT2D eigenvalue weighted by Gasteiger charge is 2.18. The first kappa shape index (κ1) is 15.0. The van der Waals surface area contributed by atoms with Gasteiger partial charge in [-0.1, -0.05) is 33.1 Å². The van der Waals surface area contributed by atoms with Gasteiger partial charge in [-0.2, -0.15) is 0 Å². The summed E-state index contributed by atoms with van der Waals surface area (Å²) in [6.45, 7) is 9.43. The fourth-order valence-corrected chi connectivity index (χ4v) is 2.67. The van der Waals surface area contributed by atoms with Gasteiger partial charge in [-0.15, -0.1) is 0 Å². The molecule has 2 heteroatoms. The van der Waals surface area contributed by atoms with E-state index in [0.29, 0.717) is 6.04 Å². The van der Waals surface area contributed by atoms with Gasteiger partial charge in [0.15, 0.2) is 0 Å². The lowest BCUT2D eigenvalue weighted by Gasteiger charge is -2.33. The molecule has 0 spiro atoms. The van der Waals surface area contributed by atoms with Crippen LogP contribution in [0.1, 0.15) is 59.3 Å². The molecule has 0 bridgehead atoms. The number of piperidine rings is 1. The van der Waals surface area contributed by atoms with Crippen LogP contribution in [-0.4, -0.2) is 37.1 Å². The van der Waals surface area contributed by atoms with Crippen molar-refractivity contribution in [1.29, 1.82) is 0 Å². The molecule has 2 atom stereocenters. The van der Waals surface area contributed by atoms with Crippen molar-refractivity contribution in [2.45, 2.75) is 71.4 Å². The number of likely N-dealkylation sites (tertiary alicyclic amines) is 1. The van der Waals surface area contributed by atoms with E-state index >= 15 is 0 Å². The Morgan fingerprint density at radius 2 is 1.94 bits per heavy atom. The minimum absolute atomic E-state index is 0.684. The van der Waals surface area contributed by atoms with Crippen molar-refractivity contribution >= 4 is 0 Å². The maximum absolute atomic E-state index is 3.71. The maximum Gasteiger partial charge on any atom is 0.0217 e. The third-order valence-electron chi connectivity index (χ3n) is 4.04. The predicted octanol–water partition coefficient (Wildman–Crippen LogP) is 3.28. The van der Waals surface area contributed by atoms with Crippen LogP contribution in [-0.2, 0) is 0 Å². The van der Waals surface area contributed by atoms with Crippen molar-refractivity contribution in [3.63, 3.8) is 0 Å². The van der Waals surface area contributed by atoms with Crippen LogP contribution in [0.15, 0.2) is 0 Å². The van der Waals surface area contributed by atoms with E-state index in [1.165, 1.54) is 51.6 Å². The summed E-state index contributed by atoms with van der Waals surface area (Å²) in [6, 6.07) is 1.46. The minimum atomic E-state index is 0.684. The van der Waals surface area contributed by atoms with Gasteiger partial charge in [-0.25, -0.2) is 0 Å². The van der Waals surface area contributed by atoms with Crippen LogP contribution >= 0.6 is 0 Å². The Hall–Kier alpha value is -0.0800. The van der Waals surface area contributed by atoms with E-state index in [-0.39, 0.29) is 0 Å². The molecular formula is C15H32N2. The number of likely N-dealkylation sites (N-methyl/N-ethyl adjacent to an activating group) is 1.